The Kier molecular flexibility index (Phi) is 3.18. The molecule has 0 spiro atoms. The van der Waals surface area contributed by atoms with Gasteiger partial charge in [0.1, 0.15) is 0 Å². The Morgan fingerprint density at radius 1 is 0.909 bits per heavy atom. The molecular weight excluding hydrogens is 282 g/mol. The van der Waals surface area contributed by atoms with Crippen LogP contribution in [-0.2, 0) is 15.1 Å². The highest BCUT2D eigenvalue weighted by Crippen LogP contribution is 2.40. The molecule has 22 heavy (non-hydrogen) atoms. The van der Waals surface area contributed by atoms with Crippen LogP contribution in [0.3, 0.4) is 0 Å². The number of anilines is 1. The third-order valence-corrected chi connectivity index (χ3v) is 3.74. The van der Waals surface area contributed by atoms with E-state index in [4.69, 9.17) is 0 Å². The molecule has 5 nitrogen and oxygen atoms in total. The molecule has 0 saturated heterocycles. The first-order valence-electron chi connectivity index (χ1n) is 6.67. The SMILES string of the molecule is O=C(O)C1=Cc2ccccc2NC1(C(=O)O)c1ccccc1. The van der Waals surface area contributed by atoms with Crippen LogP contribution >= 0.6 is 0 Å². The number of hydrogen-bond acceptors (Lipinski definition) is 3. The molecule has 1 heterocycles. The van der Waals surface area contributed by atoms with E-state index < -0.39 is 17.5 Å². The number of nitrogens with one attached hydrogen (secondary N) is 1. The van der Waals surface area contributed by atoms with E-state index in [1.54, 1.807) is 54.6 Å². The summed E-state index contributed by atoms with van der Waals surface area (Å²) in [7, 11) is 0. The average molecular weight is 295 g/mol. The monoisotopic (exact) mass is 295 g/mol. The van der Waals surface area contributed by atoms with Gasteiger partial charge in [-0.05, 0) is 23.3 Å². The summed E-state index contributed by atoms with van der Waals surface area (Å²) in [6.45, 7) is 0. The molecule has 1 aliphatic heterocycles. The second-order valence-electron chi connectivity index (χ2n) is 5.00. The molecule has 2 aromatic carbocycles. The van der Waals surface area contributed by atoms with E-state index in [-0.39, 0.29) is 5.57 Å². The molecule has 0 radical (unpaired) electrons. The molecule has 0 aromatic heterocycles. The van der Waals surface area contributed by atoms with Crippen LogP contribution in [0.5, 0.6) is 0 Å². The maximum Gasteiger partial charge on any atom is 0.339 e. The van der Waals surface area contributed by atoms with Gasteiger partial charge in [-0.15, -0.1) is 0 Å². The van der Waals surface area contributed by atoms with E-state index in [1.807, 2.05) is 0 Å². The number of para-hydroxylation sites is 1. The van der Waals surface area contributed by atoms with Crippen LogP contribution in [0.25, 0.3) is 6.08 Å². The molecule has 1 atom stereocenters. The highest BCUT2D eigenvalue weighted by atomic mass is 16.4. The van der Waals surface area contributed by atoms with Gasteiger partial charge in [-0.25, -0.2) is 9.59 Å². The fraction of sp³-hybridized carbons (Fsp3) is 0.0588. The maximum atomic E-state index is 12.0. The van der Waals surface area contributed by atoms with Crippen molar-refractivity contribution < 1.29 is 19.8 Å². The highest BCUT2D eigenvalue weighted by molar-refractivity contribution is 6.08. The van der Waals surface area contributed by atoms with E-state index in [0.29, 0.717) is 16.8 Å². The van der Waals surface area contributed by atoms with Gasteiger partial charge in [0.2, 0.25) is 0 Å². The van der Waals surface area contributed by atoms with Gasteiger partial charge in [-0.1, -0.05) is 48.5 Å². The molecule has 0 saturated carbocycles. The van der Waals surface area contributed by atoms with Gasteiger partial charge in [-0.2, -0.15) is 0 Å². The van der Waals surface area contributed by atoms with Crippen LogP contribution in [0.15, 0.2) is 60.2 Å². The molecule has 1 unspecified atom stereocenters. The largest absolute Gasteiger partial charge is 0.479 e. The summed E-state index contributed by atoms with van der Waals surface area (Å²) in [5.74, 6) is -2.53. The van der Waals surface area contributed by atoms with Gasteiger partial charge in [0.15, 0.2) is 5.54 Å². The minimum atomic E-state index is -1.82. The molecular formula is C17H13NO4. The lowest BCUT2D eigenvalue weighted by atomic mass is 9.78. The Labute approximate surface area is 126 Å². The minimum absolute atomic E-state index is 0.218. The molecule has 5 heteroatoms. The van der Waals surface area contributed by atoms with Crippen molar-refractivity contribution in [3.05, 3.63) is 71.3 Å². The van der Waals surface area contributed by atoms with Gasteiger partial charge in [0.05, 0.1) is 5.57 Å². The zero-order valence-electron chi connectivity index (χ0n) is 11.5. The van der Waals surface area contributed by atoms with Crippen molar-refractivity contribution >= 4 is 23.7 Å². The summed E-state index contributed by atoms with van der Waals surface area (Å²) in [5, 5.41) is 22.3. The van der Waals surface area contributed by atoms with E-state index in [0.717, 1.165) is 0 Å². The highest BCUT2D eigenvalue weighted by Gasteiger charge is 2.49. The number of rotatable bonds is 3. The molecule has 3 rings (SSSR count). The summed E-state index contributed by atoms with van der Waals surface area (Å²) < 4.78 is 0. The third-order valence-electron chi connectivity index (χ3n) is 3.74. The van der Waals surface area contributed by atoms with Crippen LogP contribution in [0, 0.1) is 0 Å². The third kappa shape index (κ3) is 1.95. The maximum absolute atomic E-state index is 12.0. The van der Waals surface area contributed by atoms with Gasteiger partial charge in [0, 0.05) is 5.69 Å². The van der Waals surface area contributed by atoms with Gasteiger partial charge in [0.25, 0.3) is 0 Å². The van der Waals surface area contributed by atoms with Gasteiger partial charge >= 0.3 is 11.9 Å². The number of carboxylic acid groups (broad SMARTS) is 2. The molecule has 2 aromatic rings. The molecule has 0 amide bonds. The standard InChI is InChI=1S/C17H13NO4/c19-15(20)13-10-11-6-4-5-9-14(11)18-17(13,16(21)22)12-7-2-1-3-8-12/h1-10,18H,(H,19,20)(H,21,22). The van der Waals surface area contributed by atoms with Crippen molar-refractivity contribution in [1.82, 2.24) is 0 Å². The van der Waals surface area contributed by atoms with Crippen molar-refractivity contribution in [2.75, 3.05) is 5.32 Å². The van der Waals surface area contributed by atoms with Crippen LogP contribution in [-0.4, -0.2) is 22.2 Å². The fourth-order valence-electron chi connectivity index (χ4n) is 2.70. The number of hydrogen-bond donors (Lipinski definition) is 3. The van der Waals surface area contributed by atoms with E-state index in [1.165, 1.54) is 6.08 Å². The predicted molar refractivity (Wildman–Crippen MR) is 81.4 cm³/mol. The molecule has 0 bridgehead atoms. The normalized spacial score (nSPS) is 19.5. The predicted octanol–water partition coefficient (Wildman–Crippen LogP) is 2.56. The van der Waals surface area contributed by atoms with Crippen LogP contribution in [0.1, 0.15) is 11.1 Å². The van der Waals surface area contributed by atoms with Crippen LogP contribution in [0.4, 0.5) is 5.69 Å². The van der Waals surface area contributed by atoms with E-state index >= 15 is 0 Å². The van der Waals surface area contributed by atoms with E-state index in [2.05, 4.69) is 5.32 Å². The Morgan fingerprint density at radius 3 is 2.18 bits per heavy atom. The number of carboxylic acids is 2. The second-order valence-corrected chi connectivity index (χ2v) is 5.00. The van der Waals surface area contributed by atoms with Crippen molar-refractivity contribution in [2.24, 2.45) is 0 Å². The summed E-state index contributed by atoms with van der Waals surface area (Å²) in [4.78, 5) is 23.7. The van der Waals surface area contributed by atoms with Crippen molar-refractivity contribution in [1.29, 1.82) is 0 Å². The van der Waals surface area contributed by atoms with Crippen molar-refractivity contribution in [3.63, 3.8) is 0 Å². The first kappa shape index (κ1) is 13.9. The first-order chi connectivity index (χ1) is 10.6. The van der Waals surface area contributed by atoms with E-state index in [9.17, 15) is 19.8 Å². The summed E-state index contributed by atoms with van der Waals surface area (Å²) >= 11 is 0. The Hall–Kier alpha value is -3.08. The van der Waals surface area contributed by atoms with Crippen molar-refractivity contribution in [3.8, 4) is 0 Å². The summed E-state index contributed by atoms with van der Waals surface area (Å²) in [5.41, 5.74) is -0.441. The lowest BCUT2D eigenvalue weighted by Gasteiger charge is -2.36. The Balaban J connectivity index is 2.31. The van der Waals surface area contributed by atoms with Gasteiger partial charge < -0.3 is 15.5 Å². The number of benzene rings is 2. The number of fused-ring (bicyclic) bond motifs is 1. The molecule has 3 N–H and O–H groups in total. The Morgan fingerprint density at radius 2 is 1.55 bits per heavy atom. The molecule has 110 valence electrons. The number of carbonyl (C=O) groups is 2. The minimum Gasteiger partial charge on any atom is -0.479 e. The summed E-state index contributed by atoms with van der Waals surface area (Å²) in [6.07, 6.45) is 1.41. The number of aliphatic carboxylic acids is 2. The molecule has 0 aliphatic carbocycles. The quantitative estimate of drug-likeness (QED) is 0.810. The van der Waals surface area contributed by atoms with Crippen molar-refractivity contribution in [2.45, 2.75) is 5.54 Å². The first-order valence-corrected chi connectivity index (χ1v) is 6.67. The zero-order valence-corrected chi connectivity index (χ0v) is 11.5. The van der Waals surface area contributed by atoms with Crippen LogP contribution in [0.2, 0.25) is 0 Å². The Bertz CT molecular complexity index is 782. The lowest BCUT2D eigenvalue weighted by molar-refractivity contribution is -0.144. The average Bonchev–Trinajstić information content (AvgIpc) is 2.54. The molecule has 1 aliphatic rings. The van der Waals surface area contributed by atoms with Crippen LogP contribution < -0.4 is 5.32 Å². The second kappa shape index (κ2) is 5.04. The zero-order chi connectivity index (χ0) is 15.7. The summed E-state index contributed by atoms with van der Waals surface area (Å²) in [6, 6.07) is 15.3. The fourth-order valence-corrected chi connectivity index (χ4v) is 2.70. The lowest BCUT2D eigenvalue weighted by Crippen LogP contribution is -2.48. The smallest absolute Gasteiger partial charge is 0.339 e. The topological polar surface area (TPSA) is 86.6 Å². The molecule has 0 fully saturated rings. The van der Waals surface area contributed by atoms with Gasteiger partial charge in [-0.3, -0.25) is 0 Å².